The number of ether oxygens (including phenoxy) is 1. The summed E-state index contributed by atoms with van der Waals surface area (Å²) in [4.78, 5) is 8.51. The van der Waals surface area contributed by atoms with Crippen molar-refractivity contribution in [3.05, 3.63) is 42.9 Å². The van der Waals surface area contributed by atoms with Crippen LogP contribution in [0.4, 0.5) is 5.82 Å². The van der Waals surface area contributed by atoms with Crippen molar-refractivity contribution in [2.24, 2.45) is 0 Å². The SMILES string of the molecule is c1ccc(OC2CCC(Nc3ncnc4[nH]ncc34)CC2)cc1. The molecule has 0 unspecified atom stereocenters. The Morgan fingerprint density at radius 3 is 2.70 bits per heavy atom. The molecule has 3 aromatic rings. The highest BCUT2D eigenvalue weighted by Gasteiger charge is 2.23. The summed E-state index contributed by atoms with van der Waals surface area (Å²) in [5, 5.41) is 11.4. The lowest BCUT2D eigenvalue weighted by atomic mass is 9.93. The van der Waals surface area contributed by atoms with Gasteiger partial charge in [0.15, 0.2) is 5.65 Å². The summed E-state index contributed by atoms with van der Waals surface area (Å²) < 4.78 is 6.04. The van der Waals surface area contributed by atoms with E-state index in [9.17, 15) is 0 Å². The van der Waals surface area contributed by atoms with Crippen LogP contribution in [-0.4, -0.2) is 32.3 Å². The Morgan fingerprint density at radius 2 is 1.87 bits per heavy atom. The Kier molecular flexibility index (Phi) is 3.80. The minimum atomic E-state index is 0.301. The van der Waals surface area contributed by atoms with Gasteiger partial charge in [-0.05, 0) is 37.8 Å². The fourth-order valence-electron chi connectivity index (χ4n) is 3.09. The highest BCUT2D eigenvalue weighted by Crippen LogP contribution is 2.27. The van der Waals surface area contributed by atoms with Crippen molar-refractivity contribution in [3.8, 4) is 5.75 Å². The summed E-state index contributed by atoms with van der Waals surface area (Å²) in [7, 11) is 0. The van der Waals surface area contributed by atoms with Crippen LogP contribution in [0.5, 0.6) is 5.75 Å². The van der Waals surface area contributed by atoms with Gasteiger partial charge in [0.1, 0.15) is 17.9 Å². The zero-order chi connectivity index (χ0) is 15.5. The molecule has 6 nitrogen and oxygen atoms in total. The molecule has 1 aliphatic rings. The molecule has 0 bridgehead atoms. The lowest BCUT2D eigenvalue weighted by Crippen LogP contribution is -2.31. The van der Waals surface area contributed by atoms with Crippen LogP contribution < -0.4 is 10.1 Å². The second kappa shape index (κ2) is 6.24. The molecule has 1 saturated carbocycles. The smallest absolute Gasteiger partial charge is 0.160 e. The van der Waals surface area contributed by atoms with Gasteiger partial charge in [-0.1, -0.05) is 18.2 Å². The third-order valence-electron chi connectivity index (χ3n) is 4.31. The maximum atomic E-state index is 6.04. The van der Waals surface area contributed by atoms with Gasteiger partial charge in [-0.2, -0.15) is 5.10 Å². The molecule has 23 heavy (non-hydrogen) atoms. The largest absolute Gasteiger partial charge is 0.490 e. The molecule has 1 fully saturated rings. The second-order valence-electron chi connectivity index (χ2n) is 5.90. The number of hydrogen-bond acceptors (Lipinski definition) is 5. The van der Waals surface area contributed by atoms with Gasteiger partial charge >= 0.3 is 0 Å². The van der Waals surface area contributed by atoms with E-state index in [4.69, 9.17) is 4.74 Å². The number of aromatic nitrogens is 4. The summed E-state index contributed by atoms with van der Waals surface area (Å²) in [6.07, 6.45) is 7.87. The van der Waals surface area contributed by atoms with Crippen molar-refractivity contribution in [2.45, 2.75) is 37.8 Å². The van der Waals surface area contributed by atoms with Crippen LogP contribution in [0.2, 0.25) is 0 Å². The summed E-state index contributed by atoms with van der Waals surface area (Å²) in [6, 6.07) is 10.5. The van der Waals surface area contributed by atoms with Gasteiger partial charge in [0, 0.05) is 6.04 Å². The maximum Gasteiger partial charge on any atom is 0.160 e. The molecule has 118 valence electrons. The molecule has 0 spiro atoms. The molecule has 1 aliphatic carbocycles. The van der Waals surface area contributed by atoms with Crippen molar-refractivity contribution < 1.29 is 4.74 Å². The number of aromatic amines is 1. The molecule has 2 heterocycles. The zero-order valence-corrected chi connectivity index (χ0v) is 12.8. The standard InChI is InChI=1S/C17H19N5O/c1-2-4-13(5-3-1)23-14-8-6-12(7-9-14)21-16-15-10-20-22-17(15)19-11-18-16/h1-5,10-12,14H,6-9H2,(H2,18,19,20,21,22). The first kappa shape index (κ1) is 14.0. The van der Waals surface area contributed by atoms with Crippen molar-refractivity contribution in [2.75, 3.05) is 5.32 Å². The van der Waals surface area contributed by atoms with Crippen LogP contribution in [0.25, 0.3) is 11.0 Å². The molecular formula is C17H19N5O. The fraction of sp³-hybridized carbons (Fsp3) is 0.353. The molecule has 0 aliphatic heterocycles. The number of nitrogens with zero attached hydrogens (tertiary/aromatic N) is 3. The molecule has 0 amide bonds. The minimum absolute atomic E-state index is 0.301. The number of nitrogens with one attached hydrogen (secondary N) is 2. The van der Waals surface area contributed by atoms with Gasteiger partial charge in [-0.15, -0.1) is 0 Å². The number of H-pyrrole nitrogens is 1. The number of fused-ring (bicyclic) bond motifs is 1. The number of para-hydroxylation sites is 1. The van der Waals surface area contributed by atoms with Crippen molar-refractivity contribution in [1.29, 1.82) is 0 Å². The van der Waals surface area contributed by atoms with Crippen molar-refractivity contribution in [3.63, 3.8) is 0 Å². The summed E-state index contributed by atoms with van der Waals surface area (Å²) in [5.41, 5.74) is 0.767. The van der Waals surface area contributed by atoms with E-state index in [2.05, 4.69) is 25.5 Å². The van der Waals surface area contributed by atoms with Crippen LogP contribution in [-0.2, 0) is 0 Å². The van der Waals surface area contributed by atoms with E-state index in [1.807, 2.05) is 30.3 Å². The number of anilines is 1. The van der Waals surface area contributed by atoms with Gasteiger partial charge in [0.05, 0.1) is 17.7 Å². The average molecular weight is 309 g/mol. The predicted octanol–water partition coefficient (Wildman–Crippen LogP) is 3.16. The lowest BCUT2D eigenvalue weighted by Gasteiger charge is -2.29. The molecular weight excluding hydrogens is 290 g/mol. The topological polar surface area (TPSA) is 75.7 Å². The fourth-order valence-corrected chi connectivity index (χ4v) is 3.09. The normalized spacial score (nSPS) is 21.2. The van der Waals surface area contributed by atoms with Crippen LogP contribution in [0, 0.1) is 0 Å². The van der Waals surface area contributed by atoms with E-state index in [-0.39, 0.29) is 0 Å². The van der Waals surface area contributed by atoms with Crippen LogP contribution in [0.3, 0.4) is 0 Å². The lowest BCUT2D eigenvalue weighted by molar-refractivity contribution is 0.150. The Morgan fingerprint density at radius 1 is 1.04 bits per heavy atom. The molecule has 0 atom stereocenters. The Hall–Kier alpha value is -2.63. The monoisotopic (exact) mass is 309 g/mol. The van der Waals surface area contributed by atoms with Gasteiger partial charge in [0.2, 0.25) is 0 Å². The van der Waals surface area contributed by atoms with E-state index >= 15 is 0 Å². The van der Waals surface area contributed by atoms with E-state index in [0.29, 0.717) is 12.1 Å². The second-order valence-corrected chi connectivity index (χ2v) is 5.90. The highest BCUT2D eigenvalue weighted by atomic mass is 16.5. The van der Waals surface area contributed by atoms with E-state index in [0.717, 1.165) is 48.3 Å². The first-order valence-electron chi connectivity index (χ1n) is 8.01. The first-order valence-corrected chi connectivity index (χ1v) is 8.01. The number of benzene rings is 1. The minimum Gasteiger partial charge on any atom is -0.490 e. The first-order chi connectivity index (χ1) is 11.4. The van der Waals surface area contributed by atoms with E-state index in [1.54, 1.807) is 12.5 Å². The van der Waals surface area contributed by atoms with Crippen LogP contribution in [0.15, 0.2) is 42.9 Å². The number of rotatable bonds is 4. The van der Waals surface area contributed by atoms with Gasteiger partial charge in [0.25, 0.3) is 0 Å². The molecule has 1 aromatic carbocycles. The van der Waals surface area contributed by atoms with Gasteiger partial charge < -0.3 is 10.1 Å². The molecule has 2 aromatic heterocycles. The summed E-state index contributed by atoms with van der Waals surface area (Å²) >= 11 is 0. The molecule has 4 rings (SSSR count). The Balaban J connectivity index is 1.36. The summed E-state index contributed by atoms with van der Waals surface area (Å²) in [5.74, 6) is 1.82. The zero-order valence-electron chi connectivity index (χ0n) is 12.8. The molecule has 6 heteroatoms. The Labute approximate surface area is 134 Å². The molecule has 2 N–H and O–H groups in total. The van der Waals surface area contributed by atoms with E-state index < -0.39 is 0 Å². The maximum absolute atomic E-state index is 6.04. The molecule has 0 saturated heterocycles. The third kappa shape index (κ3) is 3.11. The van der Waals surface area contributed by atoms with Crippen LogP contribution in [0.1, 0.15) is 25.7 Å². The van der Waals surface area contributed by atoms with E-state index in [1.165, 1.54) is 0 Å². The van der Waals surface area contributed by atoms with Gasteiger partial charge in [-0.25, -0.2) is 9.97 Å². The highest BCUT2D eigenvalue weighted by molar-refractivity contribution is 5.85. The Bertz CT molecular complexity index is 765. The van der Waals surface area contributed by atoms with Crippen LogP contribution >= 0.6 is 0 Å². The third-order valence-corrected chi connectivity index (χ3v) is 4.31. The quantitative estimate of drug-likeness (QED) is 0.774. The van der Waals surface area contributed by atoms with Crippen molar-refractivity contribution >= 4 is 16.9 Å². The van der Waals surface area contributed by atoms with Crippen molar-refractivity contribution in [1.82, 2.24) is 20.2 Å². The predicted molar refractivity (Wildman–Crippen MR) is 88.4 cm³/mol. The number of hydrogen-bond donors (Lipinski definition) is 2. The average Bonchev–Trinajstić information content (AvgIpc) is 3.07. The summed E-state index contributed by atoms with van der Waals surface area (Å²) in [6.45, 7) is 0. The molecule has 0 radical (unpaired) electrons. The van der Waals surface area contributed by atoms with Gasteiger partial charge in [-0.3, -0.25) is 5.10 Å².